The van der Waals surface area contributed by atoms with Crippen LogP contribution in [0.15, 0.2) is 35.4 Å². The lowest BCUT2D eigenvalue weighted by atomic mass is 9.96. The lowest BCUT2D eigenvalue weighted by Crippen LogP contribution is -2.15. The molecular formula is C16H19N5O2S. The minimum atomic E-state index is -3.31. The highest BCUT2D eigenvalue weighted by Gasteiger charge is 2.19. The maximum Gasteiger partial charge on any atom is 0.205 e. The summed E-state index contributed by atoms with van der Waals surface area (Å²) in [6.07, 6.45) is 2.84. The quantitative estimate of drug-likeness (QED) is 0.721. The van der Waals surface area contributed by atoms with Crippen LogP contribution in [-0.2, 0) is 21.8 Å². The summed E-state index contributed by atoms with van der Waals surface area (Å²) < 4.78 is 23.8. The largest absolute Gasteiger partial charge is 0.238 e. The van der Waals surface area contributed by atoms with Crippen LogP contribution in [0.3, 0.4) is 0 Å². The van der Waals surface area contributed by atoms with Crippen LogP contribution in [-0.4, -0.2) is 39.6 Å². The van der Waals surface area contributed by atoms with Crippen molar-refractivity contribution < 1.29 is 8.42 Å². The summed E-state index contributed by atoms with van der Waals surface area (Å²) in [5, 5.41) is 8.71. The summed E-state index contributed by atoms with van der Waals surface area (Å²) in [4.78, 5) is 10.5. The second kappa shape index (κ2) is 5.62. The van der Waals surface area contributed by atoms with E-state index in [2.05, 4.69) is 20.2 Å². The minimum Gasteiger partial charge on any atom is -0.238 e. The first kappa shape index (κ1) is 16.5. The molecule has 0 atom stereocenters. The van der Waals surface area contributed by atoms with Gasteiger partial charge in [-0.1, -0.05) is 39.0 Å². The van der Waals surface area contributed by atoms with Gasteiger partial charge in [-0.2, -0.15) is 4.80 Å². The van der Waals surface area contributed by atoms with Gasteiger partial charge in [-0.3, -0.25) is 0 Å². The molecule has 0 aliphatic rings. The molecule has 0 spiro atoms. The number of hydrogen-bond donors (Lipinski definition) is 0. The molecule has 24 heavy (non-hydrogen) atoms. The molecule has 0 radical (unpaired) electrons. The third kappa shape index (κ3) is 3.28. The molecular weight excluding hydrogens is 326 g/mol. The van der Waals surface area contributed by atoms with E-state index in [4.69, 9.17) is 0 Å². The van der Waals surface area contributed by atoms with E-state index < -0.39 is 9.84 Å². The van der Waals surface area contributed by atoms with Crippen LogP contribution in [0.2, 0.25) is 0 Å². The van der Waals surface area contributed by atoms with Crippen molar-refractivity contribution >= 4 is 21.0 Å². The van der Waals surface area contributed by atoms with Crippen LogP contribution in [0.4, 0.5) is 0 Å². The van der Waals surface area contributed by atoms with Crippen molar-refractivity contribution in [2.75, 3.05) is 6.26 Å². The zero-order valence-electron chi connectivity index (χ0n) is 14.1. The second-order valence-electron chi connectivity index (χ2n) is 6.76. The Kier molecular flexibility index (Phi) is 3.87. The summed E-state index contributed by atoms with van der Waals surface area (Å²) in [7, 11) is -3.31. The number of sulfone groups is 1. The molecule has 0 amide bonds. The molecule has 1 aromatic carbocycles. The Hall–Kier alpha value is -2.35. The maximum atomic E-state index is 11.9. The maximum absolute atomic E-state index is 11.9. The highest BCUT2D eigenvalue weighted by Crippen LogP contribution is 2.20. The van der Waals surface area contributed by atoms with Gasteiger partial charge in [0.25, 0.3) is 0 Å². The fourth-order valence-electron chi connectivity index (χ4n) is 2.35. The average Bonchev–Trinajstić information content (AvgIpc) is 2.87. The number of rotatable bonds is 3. The van der Waals surface area contributed by atoms with Gasteiger partial charge in [-0.15, -0.1) is 10.2 Å². The molecule has 0 aliphatic carbocycles. The standard InChI is InChI=1S/C16H19N5O2S/c1-16(2,3)15-17-9-12-14(18-15)20-21(19-12)10-11-7-5-6-8-13(11)24(4,22)23/h5-9H,10H2,1-4H3. The third-order valence-electron chi connectivity index (χ3n) is 3.54. The molecule has 3 aromatic rings. The normalized spacial score (nSPS) is 12.7. The van der Waals surface area contributed by atoms with Gasteiger partial charge in [0, 0.05) is 11.7 Å². The van der Waals surface area contributed by atoms with Gasteiger partial charge in [0.2, 0.25) is 5.65 Å². The Labute approximate surface area is 140 Å². The molecule has 2 heterocycles. The Morgan fingerprint density at radius 2 is 1.83 bits per heavy atom. The minimum absolute atomic E-state index is 0.180. The van der Waals surface area contributed by atoms with Gasteiger partial charge in [-0.25, -0.2) is 18.4 Å². The number of benzene rings is 1. The van der Waals surface area contributed by atoms with Crippen molar-refractivity contribution in [1.29, 1.82) is 0 Å². The average molecular weight is 345 g/mol. The molecule has 0 saturated heterocycles. The summed E-state index contributed by atoms with van der Waals surface area (Å²) in [6, 6.07) is 6.85. The lowest BCUT2D eigenvalue weighted by molar-refractivity contribution is 0.547. The van der Waals surface area contributed by atoms with E-state index in [0.717, 1.165) is 0 Å². The first-order valence-electron chi connectivity index (χ1n) is 7.51. The fraction of sp³-hybridized carbons (Fsp3) is 0.375. The Morgan fingerprint density at radius 1 is 1.12 bits per heavy atom. The van der Waals surface area contributed by atoms with Crippen LogP contribution < -0.4 is 0 Å². The zero-order valence-corrected chi connectivity index (χ0v) is 14.9. The molecule has 0 fully saturated rings. The van der Waals surface area contributed by atoms with Crippen molar-refractivity contribution in [3.05, 3.63) is 41.9 Å². The van der Waals surface area contributed by atoms with Crippen molar-refractivity contribution in [2.45, 2.75) is 37.6 Å². The number of nitrogens with zero attached hydrogens (tertiary/aromatic N) is 5. The van der Waals surface area contributed by atoms with Crippen molar-refractivity contribution in [3.63, 3.8) is 0 Å². The van der Waals surface area contributed by atoms with Crippen LogP contribution in [0.1, 0.15) is 32.2 Å². The first-order valence-corrected chi connectivity index (χ1v) is 9.40. The summed E-state index contributed by atoms with van der Waals surface area (Å²) in [5.41, 5.74) is 1.55. The van der Waals surface area contributed by atoms with E-state index in [1.165, 1.54) is 11.1 Å². The number of aromatic nitrogens is 5. The molecule has 2 aromatic heterocycles. The van der Waals surface area contributed by atoms with Crippen molar-refractivity contribution in [2.24, 2.45) is 0 Å². The van der Waals surface area contributed by atoms with Crippen LogP contribution >= 0.6 is 0 Å². The zero-order chi connectivity index (χ0) is 17.5. The molecule has 7 nitrogen and oxygen atoms in total. The number of hydrogen-bond acceptors (Lipinski definition) is 6. The molecule has 0 N–H and O–H groups in total. The van der Waals surface area contributed by atoms with Gasteiger partial charge in [0.1, 0.15) is 5.82 Å². The molecule has 0 bridgehead atoms. The monoisotopic (exact) mass is 345 g/mol. The first-order chi connectivity index (χ1) is 11.1. The second-order valence-corrected chi connectivity index (χ2v) is 8.75. The molecule has 0 unspecified atom stereocenters. The Morgan fingerprint density at radius 3 is 2.50 bits per heavy atom. The predicted octanol–water partition coefficient (Wildman–Crippen LogP) is 1.97. The van der Waals surface area contributed by atoms with Gasteiger partial charge < -0.3 is 0 Å². The van der Waals surface area contributed by atoms with Crippen LogP contribution in [0.25, 0.3) is 11.2 Å². The van der Waals surface area contributed by atoms with Gasteiger partial charge >= 0.3 is 0 Å². The summed E-state index contributed by atoms with van der Waals surface area (Å²) in [5.74, 6) is 0.693. The fourth-order valence-corrected chi connectivity index (χ4v) is 3.28. The van der Waals surface area contributed by atoms with E-state index in [-0.39, 0.29) is 16.9 Å². The third-order valence-corrected chi connectivity index (χ3v) is 4.74. The van der Waals surface area contributed by atoms with Crippen LogP contribution in [0.5, 0.6) is 0 Å². The summed E-state index contributed by atoms with van der Waals surface area (Å²) >= 11 is 0. The predicted molar refractivity (Wildman–Crippen MR) is 90.5 cm³/mol. The SMILES string of the molecule is CC(C)(C)c1ncc2nn(Cc3ccccc3S(C)(=O)=O)nc2n1. The van der Waals surface area contributed by atoms with Crippen molar-refractivity contribution in [3.8, 4) is 0 Å². The van der Waals surface area contributed by atoms with Gasteiger partial charge in [0.15, 0.2) is 15.4 Å². The Bertz CT molecular complexity index is 1000. The van der Waals surface area contributed by atoms with E-state index >= 15 is 0 Å². The van der Waals surface area contributed by atoms with Gasteiger partial charge in [0.05, 0.1) is 17.6 Å². The van der Waals surface area contributed by atoms with E-state index in [0.29, 0.717) is 22.6 Å². The highest BCUT2D eigenvalue weighted by atomic mass is 32.2. The smallest absolute Gasteiger partial charge is 0.205 e. The highest BCUT2D eigenvalue weighted by molar-refractivity contribution is 7.90. The molecule has 0 aliphatic heterocycles. The molecule has 3 rings (SSSR count). The van der Waals surface area contributed by atoms with E-state index in [9.17, 15) is 8.42 Å². The molecule has 126 valence electrons. The van der Waals surface area contributed by atoms with E-state index in [1.807, 2.05) is 20.8 Å². The van der Waals surface area contributed by atoms with Gasteiger partial charge in [-0.05, 0) is 11.6 Å². The van der Waals surface area contributed by atoms with Crippen LogP contribution in [0, 0.1) is 0 Å². The lowest BCUT2D eigenvalue weighted by Gasteiger charge is -2.14. The summed E-state index contributed by atoms with van der Waals surface area (Å²) in [6.45, 7) is 6.34. The molecule has 0 saturated carbocycles. The molecule has 8 heteroatoms. The topological polar surface area (TPSA) is 90.6 Å². The van der Waals surface area contributed by atoms with E-state index in [1.54, 1.807) is 30.5 Å². The van der Waals surface area contributed by atoms with Crippen molar-refractivity contribution in [1.82, 2.24) is 25.0 Å². The Balaban J connectivity index is 2.00. The number of fused-ring (bicyclic) bond motifs is 1.